The number of carbonyl (C=O) groups is 2. The largest absolute Gasteiger partial charge is 0.348 e. The Balaban J connectivity index is 1.58. The molecule has 0 aromatic heterocycles. The van der Waals surface area contributed by atoms with Gasteiger partial charge in [0.05, 0.1) is 22.8 Å². The van der Waals surface area contributed by atoms with Gasteiger partial charge >= 0.3 is 0 Å². The van der Waals surface area contributed by atoms with E-state index in [0.29, 0.717) is 39.5 Å². The predicted molar refractivity (Wildman–Crippen MR) is 135 cm³/mol. The summed E-state index contributed by atoms with van der Waals surface area (Å²) in [5, 5.41) is 2.83. The molecule has 0 saturated heterocycles. The topological polar surface area (TPSA) is 61.8 Å². The fourth-order valence-corrected chi connectivity index (χ4v) is 4.18. The van der Waals surface area contributed by atoms with Crippen LogP contribution in [-0.4, -0.2) is 17.5 Å². The zero-order chi connectivity index (χ0) is 25.2. The van der Waals surface area contributed by atoms with Gasteiger partial charge in [0.25, 0.3) is 5.91 Å². The zero-order valence-electron chi connectivity index (χ0n) is 19.3. The molecule has 1 heterocycles. The lowest BCUT2D eigenvalue weighted by Gasteiger charge is -2.23. The van der Waals surface area contributed by atoms with Crippen LogP contribution in [0.2, 0.25) is 0 Å². The molecule has 0 bridgehead atoms. The average molecular weight is 482 g/mol. The highest BCUT2D eigenvalue weighted by molar-refractivity contribution is 6.21. The molecule has 36 heavy (non-hydrogen) atoms. The number of nitrogens with zero attached hydrogens (tertiary/aromatic N) is 2. The first-order valence-electron chi connectivity index (χ1n) is 11.3. The second-order valence-corrected chi connectivity index (χ2v) is 8.35. The van der Waals surface area contributed by atoms with Crippen molar-refractivity contribution >= 4 is 34.6 Å². The average Bonchev–Trinajstić information content (AvgIpc) is 3.03. The number of fused-ring (bicyclic) bond motifs is 2. The maximum Gasteiger partial charge on any atom is 0.251 e. The quantitative estimate of drug-likeness (QED) is 0.385. The lowest BCUT2D eigenvalue weighted by atomic mass is 10.00. The standard InChI is InChI=1S/C29H21F2N3O2/c1-18(35)34-26-5-3-2-4-24(26)28(20-8-13-23(31)14-9-20)33-25-16-21(10-15-27(25)34)29(36)32-17-19-6-11-22(30)12-7-19/h2-16H,17H2,1H3,(H,32,36). The second-order valence-electron chi connectivity index (χ2n) is 8.35. The molecular weight excluding hydrogens is 460 g/mol. The number of amides is 2. The van der Waals surface area contributed by atoms with Crippen molar-refractivity contribution in [3.05, 3.63) is 125 Å². The molecular formula is C29H21F2N3O2. The third-order valence-corrected chi connectivity index (χ3v) is 5.91. The lowest BCUT2D eigenvalue weighted by Crippen LogP contribution is -2.25. The van der Waals surface area contributed by atoms with Crippen LogP contribution in [-0.2, 0) is 11.3 Å². The van der Waals surface area contributed by atoms with Gasteiger partial charge in [0.15, 0.2) is 0 Å². The Hall–Kier alpha value is -4.65. The molecule has 178 valence electrons. The van der Waals surface area contributed by atoms with E-state index < -0.39 is 0 Å². The van der Waals surface area contributed by atoms with Crippen molar-refractivity contribution in [1.29, 1.82) is 0 Å². The first kappa shape index (κ1) is 23.1. The van der Waals surface area contributed by atoms with E-state index in [2.05, 4.69) is 5.32 Å². The summed E-state index contributed by atoms with van der Waals surface area (Å²) in [6.45, 7) is 1.69. The molecule has 7 heteroatoms. The fourth-order valence-electron chi connectivity index (χ4n) is 4.18. The summed E-state index contributed by atoms with van der Waals surface area (Å²) >= 11 is 0. The Kier molecular flexibility index (Phi) is 6.12. The van der Waals surface area contributed by atoms with Gasteiger partial charge in [-0.1, -0.05) is 30.3 Å². The highest BCUT2D eigenvalue weighted by atomic mass is 19.1. The van der Waals surface area contributed by atoms with Crippen LogP contribution in [0, 0.1) is 11.6 Å². The Morgan fingerprint density at radius 1 is 0.833 bits per heavy atom. The molecule has 0 aliphatic carbocycles. The third kappa shape index (κ3) is 4.51. The predicted octanol–water partition coefficient (Wildman–Crippen LogP) is 6.06. The normalized spacial score (nSPS) is 12.2. The van der Waals surface area contributed by atoms with E-state index in [-0.39, 0.29) is 30.0 Å². The number of rotatable bonds is 4. The summed E-state index contributed by atoms with van der Waals surface area (Å²) in [4.78, 5) is 32.1. The number of halogens is 2. The summed E-state index contributed by atoms with van der Waals surface area (Å²) in [7, 11) is 0. The van der Waals surface area contributed by atoms with Crippen LogP contribution in [0.15, 0.2) is 96.0 Å². The Bertz CT molecular complexity index is 1500. The van der Waals surface area contributed by atoms with Crippen molar-refractivity contribution < 1.29 is 18.4 Å². The van der Waals surface area contributed by atoms with Gasteiger partial charge in [-0.2, -0.15) is 0 Å². The minimum atomic E-state index is -0.368. The van der Waals surface area contributed by atoms with Crippen LogP contribution in [0.25, 0.3) is 0 Å². The van der Waals surface area contributed by atoms with Gasteiger partial charge in [0, 0.05) is 30.2 Å². The molecule has 4 aromatic carbocycles. The Labute approximate surface area is 206 Å². The third-order valence-electron chi connectivity index (χ3n) is 5.91. The molecule has 0 atom stereocenters. The van der Waals surface area contributed by atoms with Gasteiger partial charge in [-0.15, -0.1) is 0 Å². The first-order valence-corrected chi connectivity index (χ1v) is 11.3. The van der Waals surface area contributed by atoms with Gasteiger partial charge in [-0.05, 0) is 66.2 Å². The Morgan fingerprint density at radius 3 is 2.19 bits per heavy atom. The van der Waals surface area contributed by atoms with E-state index in [1.165, 1.54) is 31.2 Å². The molecule has 1 N–H and O–H groups in total. The van der Waals surface area contributed by atoms with Gasteiger partial charge in [-0.3, -0.25) is 14.5 Å². The van der Waals surface area contributed by atoms with Crippen molar-refractivity contribution in [2.45, 2.75) is 13.5 Å². The molecule has 4 aromatic rings. The number of aliphatic imine (C=N–C) groups is 1. The van der Waals surface area contributed by atoms with E-state index in [4.69, 9.17) is 4.99 Å². The SMILES string of the molecule is CC(=O)N1c2ccc(C(=O)NCc3ccc(F)cc3)cc2N=C(c2ccc(F)cc2)c2ccccc21. The van der Waals surface area contributed by atoms with Crippen molar-refractivity contribution in [1.82, 2.24) is 5.32 Å². The second kappa shape index (κ2) is 9.54. The van der Waals surface area contributed by atoms with E-state index in [0.717, 1.165) is 5.56 Å². The monoisotopic (exact) mass is 481 g/mol. The minimum Gasteiger partial charge on any atom is -0.348 e. The minimum absolute atomic E-state index is 0.215. The van der Waals surface area contributed by atoms with Crippen LogP contribution >= 0.6 is 0 Å². The fraction of sp³-hybridized carbons (Fsp3) is 0.0690. The molecule has 0 fully saturated rings. The lowest BCUT2D eigenvalue weighted by molar-refractivity contribution is -0.115. The molecule has 0 unspecified atom stereocenters. The number of para-hydroxylation sites is 1. The number of hydrogen-bond donors (Lipinski definition) is 1. The van der Waals surface area contributed by atoms with Crippen LogP contribution in [0.5, 0.6) is 0 Å². The van der Waals surface area contributed by atoms with Crippen molar-refractivity contribution in [2.24, 2.45) is 4.99 Å². The summed E-state index contributed by atoms with van der Waals surface area (Å²) in [5.41, 5.74) is 4.64. The zero-order valence-corrected chi connectivity index (χ0v) is 19.3. The van der Waals surface area contributed by atoms with Crippen molar-refractivity contribution in [3.8, 4) is 0 Å². The van der Waals surface area contributed by atoms with Crippen LogP contribution in [0.1, 0.15) is 34.0 Å². The molecule has 0 saturated carbocycles. The molecule has 1 aliphatic heterocycles. The van der Waals surface area contributed by atoms with Gasteiger partial charge < -0.3 is 5.32 Å². The van der Waals surface area contributed by atoms with Gasteiger partial charge in [0.1, 0.15) is 11.6 Å². The molecule has 0 spiro atoms. The summed E-state index contributed by atoms with van der Waals surface area (Å²) in [6.07, 6.45) is 0. The van der Waals surface area contributed by atoms with E-state index >= 15 is 0 Å². The summed E-state index contributed by atoms with van der Waals surface area (Å²) in [6, 6.07) is 24.2. The van der Waals surface area contributed by atoms with Gasteiger partial charge in [0.2, 0.25) is 5.91 Å². The molecule has 1 aliphatic rings. The van der Waals surface area contributed by atoms with Crippen molar-refractivity contribution in [3.63, 3.8) is 0 Å². The summed E-state index contributed by atoms with van der Waals surface area (Å²) < 4.78 is 26.8. The smallest absolute Gasteiger partial charge is 0.251 e. The Morgan fingerprint density at radius 2 is 1.50 bits per heavy atom. The highest BCUT2D eigenvalue weighted by Gasteiger charge is 2.27. The van der Waals surface area contributed by atoms with E-state index in [1.54, 1.807) is 47.4 Å². The molecule has 5 nitrogen and oxygen atoms in total. The molecule has 2 amide bonds. The number of nitrogens with one attached hydrogen (secondary N) is 1. The van der Waals surface area contributed by atoms with Gasteiger partial charge in [-0.25, -0.2) is 13.8 Å². The highest BCUT2D eigenvalue weighted by Crippen LogP contribution is 2.41. The molecule has 0 radical (unpaired) electrons. The number of anilines is 2. The van der Waals surface area contributed by atoms with E-state index in [1.807, 2.05) is 24.3 Å². The van der Waals surface area contributed by atoms with Crippen LogP contribution < -0.4 is 10.2 Å². The first-order chi connectivity index (χ1) is 17.4. The maximum atomic E-state index is 13.6. The summed E-state index contributed by atoms with van der Waals surface area (Å²) in [5.74, 6) is -1.27. The maximum absolute atomic E-state index is 13.6. The van der Waals surface area contributed by atoms with Crippen LogP contribution in [0.4, 0.5) is 25.8 Å². The van der Waals surface area contributed by atoms with Crippen molar-refractivity contribution in [2.75, 3.05) is 4.90 Å². The number of hydrogen-bond acceptors (Lipinski definition) is 3. The van der Waals surface area contributed by atoms with E-state index in [9.17, 15) is 18.4 Å². The van der Waals surface area contributed by atoms with Crippen LogP contribution in [0.3, 0.4) is 0 Å². The number of carbonyl (C=O) groups excluding carboxylic acids is 2. The number of benzene rings is 4. The molecule has 5 rings (SSSR count).